The summed E-state index contributed by atoms with van der Waals surface area (Å²) in [6, 6.07) is 5.51. The van der Waals surface area contributed by atoms with Gasteiger partial charge < -0.3 is 10.7 Å². The van der Waals surface area contributed by atoms with Gasteiger partial charge in [-0.3, -0.25) is 0 Å². The number of anilines is 2. The summed E-state index contributed by atoms with van der Waals surface area (Å²) in [5.41, 5.74) is 4.49. The number of rotatable bonds is 5. The van der Waals surface area contributed by atoms with Gasteiger partial charge in [-0.25, -0.2) is 15.8 Å². The molecule has 0 saturated heterocycles. The van der Waals surface area contributed by atoms with E-state index in [9.17, 15) is 0 Å². The Morgan fingerprint density at radius 3 is 2.52 bits per heavy atom. The highest BCUT2D eigenvalue weighted by Crippen LogP contribution is 2.22. The molecule has 1 heterocycles. The molecule has 0 radical (unpaired) electrons. The number of nitrogens with zero attached hydrogens (tertiary/aromatic N) is 2. The molecule has 0 spiro atoms. The average molecular weight is 326 g/mol. The maximum absolute atomic E-state index is 6.15. The monoisotopic (exact) mass is 325 g/mol. The van der Waals surface area contributed by atoms with Crippen molar-refractivity contribution in [3.8, 4) is 0 Å². The van der Waals surface area contributed by atoms with Gasteiger partial charge in [0.15, 0.2) is 0 Å². The Morgan fingerprint density at radius 2 is 1.86 bits per heavy atom. The number of halogens is 2. The van der Waals surface area contributed by atoms with Crippen molar-refractivity contribution in [2.24, 2.45) is 5.84 Å². The quantitative estimate of drug-likeness (QED) is 0.580. The van der Waals surface area contributed by atoms with Crippen LogP contribution in [0.2, 0.25) is 10.0 Å². The predicted octanol–water partition coefficient (Wildman–Crippen LogP) is 3.34. The molecule has 2 aromatic rings. The van der Waals surface area contributed by atoms with E-state index < -0.39 is 0 Å². The van der Waals surface area contributed by atoms with Crippen molar-refractivity contribution in [1.82, 2.24) is 9.97 Å². The van der Waals surface area contributed by atoms with Crippen molar-refractivity contribution < 1.29 is 0 Å². The number of nitrogens with two attached hydrogens (primary N) is 1. The van der Waals surface area contributed by atoms with Crippen molar-refractivity contribution in [3.63, 3.8) is 0 Å². The molecule has 0 aliphatic carbocycles. The van der Waals surface area contributed by atoms with Crippen LogP contribution in [0.25, 0.3) is 0 Å². The van der Waals surface area contributed by atoms with Crippen LogP contribution in [0, 0.1) is 13.8 Å². The first-order chi connectivity index (χ1) is 10.0. The van der Waals surface area contributed by atoms with Gasteiger partial charge >= 0.3 is 0 Å². The molecule has 4 N–H and O–H groups in total. The van der Waals surface area contributed by atoms with Gasteiger partial charge in [0.2, 0.25) is 0 Å². The molecule has 0 saturated carbocycles. The third kappa shape index (κ3) is 3.97. The number of benzene rings is 1. The van der Waals surface area contributed by atoms with Crippen LogP contribution in [0.15, 0.2) is 18.2 Å². The summed E-state index contributed by atoms with van der Waals surface area (Å²) in [6.07, 6.45) is 0.768. The zero-order valence-electron chi connectivity index (χ0n) is 11.9. The second kappa shape index (κ2) is 6.93. The number of aromatic nitrogens is 2. The van der Waals surface area contributed by atoms with Crippen molar-refractivity contribution in [1.29, 1.82) is 0 Å². The van der Waals surface area contributed by atoms with E-state index in [1.165, 1.54) is 0 Å². The molecule has 1 aromatic carbocycles. The fraction of sp³-hybridized carbons (Fsp3) is 0.286. The highest BCUT2D eigenvalue weighted by atomic mass is 35.5. The zero-order valence-corrected chi connectivity index (χ0v) is 13.4. The van der Waals surface area contributed by atoms with Gasteiger partial charge in [-0.15, -0.1) is 0 Å². The molecule has 0 fully saturated rings. The second-order valence-electron chi connectivity index (χ2n) is 4.65. The maximum Gasteiger partial charge on any atom is 0.148 e. The van der Waals surface area contributed by atoms with Crippen molar-refractivity contribution in [3.05, 3.63) is 45.2 Å². The first-order valence-electron chi connectivity index (χ1n) is 6.51. The summed E-state index contributed by atoms with van der Waals surface area (Å²) >= 11 is 12.0. The van der Waals surface area contributed by atoms with Crippen LogP contribution < -0.4 is 16.6 Å². The van der Waals surface area contributed by atoms with Crippen LogP contribution >= 0.6 is 23.2 Å². The molecule has 2 rings (SSSR count). The smallest absolute Gasteiger partial charge is 0.148 e. The summed E-state index contributed by atoms with van der Waals surface area (Å²) in [7, 11) is 0. The molecule has 112 valence electrons. The van der Waals surface area contributed by atoms with E-state index in [1.54, 1.807) is 6.07 Å². The van der Waals surface area contributed by atoms with E-state index in [1.807, 2.05) is 26.0 Å². The van der Waals surface area contributed by atoms with Gasteiger partial charge in [-0.05, 0) is 38.0 Å². The molecule has 1 aromatic heterocycles. The van der Waals surface area contributed by atoms with Gasteiger partial charge in [0.05, 0.1) is 0 Å². The lowest BCUT2D eigenvalue weighted by atomic mass is 10.1. The number of aryl methyl sites for hydroxylation is 1. The Labute approximate surface area is 133 Å². The number of hydrogen-bond donors (Lipinski definition) is 3. The van der Waals surface area contributed by atoms with Gasteiger partial charge in [0, 0.05) is 22.2 Å². The summed E-state index contributed by atoms with van der Waals surface area (Å²) in [5, 5.41) is 4.59. The number of hydrazine groups is 1. The highest BCUT2D eigenvalue weighted by Gasteiger charge is 2.08. The minimum absolute atomic E-state index is 0.620. The topological polar surface area (TPSA) is 75.9 Å². The van der Waals surface area contributed by atoms with Crippen LogP contribution in [-0.4, -0.2) is 16.5 Å². The molecular formula is C14H17Cl2N5. The lowest BCUT2D eigenvalue weighted by molar-refractivity contribution is 0.968. The lowest BCUT2D eigenvalue weighted by Gasteiger charge is -2.12. The Kier molecular flexibility index (Phi) is 5.22. The minimum Gasteiger partial charge on any atom is -0.369 e. The average Bonchev–Trinajstić information content (AvgIpc) is 2.44. The van der Waals surface area contributed by atoms with E-state index in [-0.39, 0.29) is 0 Å². The van der Waals surface area contributed by atoms with Crippen molar-refractivity contribution >= 4 is 34.8 Å². The van der Waals surface area contributed by atoms with Crippen LogP contribution in [0.1, 0.15) is 17.0 Å². The number of nitrogen functional groups attached to an aromatic ring is 1. The van der Waals surface area contributed by atoms with Crippen molar-refractivity contribution in [2.45, 2.75) is 20.3 Å². The molecule has 7 heteroatoms. The molecule has 5 nitrogen and oxygen atoms in total. The fourth-order valence-corrected chi connectivity index (χ4v) is 2.48. The van der Waals surface area contributed by atoms with Gasteiger partial charge in [-0.1, -0.05) is 29.3 Å². The molecule has 21 heavy (non-hydrogen) atoms. The van der Waals surface area contributed by atoms with Crippen LogP contribution in [0.4, 0.5) is 11.6 Å². The highest BCUT2D eigenvalue weighted by molar-refractivity contribution is 6.35. The molecule has 0 unspecified atom stereocenters. The van der Waals surface area contributed by atoms with Gasteiger partial charge in [0.1, 0.15) is 17.5 Å². The number of nitrogens with one attached hydrogen (secondary N) is 2. The van der Waals surface area contributed by atoms with Crippen molar-refractivity contribution in [2.75, 3.05) is 17.3 Å². The van der Waals surface area contributed by atoms with Gasteiger partial charge in [0.25, 0.3) is 0 Å². The largest absolute Gasteiger partial charge is 0.369 e. The Bertz CT molecular complexity index is 646. The summed E-state index contributed by atoms with van der Waals surface area (Å²) < 4.78 is 0. The Morgan fingerprint density at radius 1 is 1.14 bits per heavy atom. The first-order valence-corrected chi connectivity index (χ1v) is 7.26. The van der Waals surface area contributed by atoms with E-state index in [0.717, 1.165) is 23.4 Å². The minimum atomic E-state index is 0.620. The van der Waals surface area contributed by atoms with Crippen LogP contribution in [-0.2, 0) is 6.42 Å². The Hall–Kier alpha value is -1.56. The van der Waals surface area contributed by atoms with E-state index in [4.69, 9.17) is 29.0 Å². The van der Waals surface area contributed by atoms with E-state index in [2.05, 4.69) is 20.7 Å². The predicted molar refractivity (Wildman–Crippen MR) is 88.0 cm³/mol. The van der Waals surface area contributed by atoms with E-state index in [0.29, 0.717) is 28.2 Å². The molecule has 0 aliphatic heterocycles. The van der Waals surface area contributed by atoms with E-state index >= 15 is 0 Å². The third-order valence-electron chi connectivity index (χ3n) is 3.10. The maximum atomic E-state index is 6.15. The molecule has 0 atom stereocenters. The Balaban J connectivity index is 2.05. The van der Waals surface area contributed by atoms with Gasteiger partial charge in [-0.2, -0.15) is 0 Å². The van der Waals surface area contributed by atoms with Crippen LogP contribution in [0.5, 0.6) is 0 Å². The lowest BCUT2D eigenvalue weighted by Crippen LogP contribution is -2.15. The normalized spacial score (nSPS) is 10.5. The molecular weight excluding hydrogens is 309 g/mol. The molecule has 0 amide bonds. The number of hydrogen-bond acceptors (Lipinski definition) is 5. The fourth-order valence-electron chi connectivity index (χ4n) is 1.98. The second-order valence-corrected chi connectivity index (χ2v) is 5.49. The van der Waals surface area contributed by atoms with Crippen LogP contribution in [0.3, 0.4) is 0 Å². The summed E-state index contributed by atoms with van der Waals surface area (Å²) in [6.45, 7) is 4.43. The standard InChI is InChI=1S/C14H17Cl2N5/c1-8-13(19-9(2)20-14(8)21-17)18-6-5-10-3-4-11(15)7-12(10)16/h3-4,7H,5-6,17H2,1-2H3,(H2,18,19,20,21). The third-order valence-corrected chi connectivity index (χ3v) is 3.68. The zero-order chi connectivity index (χ0) is 15.4. The summed E-state index contributed by atoms with van der Waals surface area (Å²) in [5.74, 6) is 7.48. The SMILES string of the molecule is Cc1nc(NN)c(C)c(NCCc2ccc(Cl)cc2Cl)n1. The first kappa shape index (κ1) is 15.8. The summed E-state index contributed by atoms with van der Waals surface area (Å²) in [4.78, 5) is 8.60. The molecule has 0 aliphatic rings. The molecule has 0 bridgehead atoms.